The monoisotopic (exact) mass is 481 g/mol. The lowest BCUT2D eigenvalue weighted by Crippen LogP contribution is -2.51. The summed E-state index contributed by atoms with van der Waals surface area (Å²) in [7, 11) is -3.29. The van der Waals surface area contributed by atoms with Gasteiger partial charge in [0.25, 0.3) is 0 Å². The first-order valence-electron chi connectivity index (χ1n) is 11.8. The normalized spacial score (nSPS) is 29.8. The Hall–Kier alpha value is -2.76. The van der Waals surface area contributed by atoms with Gasteiger partial charge in [-0.2, -0.15) is 5.26 Å². The van der Waals surface area contributed by atoms with Crippen molar-refractivity contribution in [2.45, 2.75) is 49.7 Å². The molecule has 2 saturated carbocycles. The summed E-state index contributed by atoms with van der Waals surface area (Å²) in [6.45, 7) is 3.83. The maximum atomic E-state index is 14.9. The van der Waals surface area contributed by atoms with Gasteiger partial charge in [0.15, 0.2) is 9.84 Å². The number of halogens is 1. The van der Waals surface area contributed by atoms with E-state index in [4.69, 9.17) is 0 Å². The van der Waals surface area contributed by atoms with E-state index in [-0.39, 0.29) is 29.0 Å². The predicted octanol–water partition coefficient (Wildman–Crippen LogP) is 3.08. The minimum Gasteiger partial charge on any atom is -0.339 e. The first-order valence-corrected chi connectivity index (χ1v) is 13.5. The lowest BCUT2D eigenvalue weighted by molar-refractivity contribution is -0.124. The van der Waals surface area contributed by atoms with E-state index in [1.165, 1.54) is 18.2 Å². The fourth-order valence-electron chi connectivity index (χ4n) is 6.13. The van der Waals surface area contributed by atoms with Crippen molar-refractivity contribution in [1.29, 1.82) is 5.26 Å². The number of nitriles is 1. The number of hydrogen-bond acceptors (Lipinski definition) is 5. The first-order chi connectivity index (χ1) is 16.2. The molecule has 1 amide bonds. The topological polar surface area (TPSA) is 99.1 Å². The Balaban J connectivity index is 1.24. The van der Waals surface area contributed by atoms with Gasteiger partial charge in [0, 0.05) is 12.5 Å². The van der Waals surface area contributed by atoms with Gasteiger partial charge in [-0.25, -0.2) is 12.8 Å². The number of benzene rings is 2. The number of piperidine rings is 1. The van der Waals surface area contributed by atoms with E-state index in [2.05, 4.69) is 23.6 Å². The van der Waals surface area contributed by atoms with E-state index < -0.39 is 21.7 Å². The molecule has 178 valence electrons. The molecule has 1 aliphatic heterocycles. The number of rotatable bonds is 7. The smallest absolute Gasteiger partial charge is 0.238 e. The number of nitrogens with zero attached hydrogens (tertiary/aromatic N) is 1. The van der Waals surface area contributed by atoms with Gasteiger partial charge in [0.1, 0.15) is 11.9 Å². The van der Waals surface area contributed by atoms with E-state index in [9.17, 15) is 22.9 Å². The van der Waals surface area contributed by atoms with Crippen LogP contribution < -0.4 is 10.6 Å². The average molecular weight is 482 g/mol. The highest BCUT2D eigenvalue weighted by Gasteiger charge is 2.67. The van der Waals surface area contributed by atoms with E-state index in [0.717, 1.165) is 6.42 Å². The van der Waals surface area contributed by atoms with Gasteiger partial charge in [-0.05, 0) is 65.0 Å². The largest absolute Gasteiger partial charge is 0.339 e. The molecule has 8 heteroatoms. The molecule has 3 fully saturated rings. The van der Waals surface area contributed by atoms with Crippen molar-refractivity contribution in [2.24, 2.45) is 23.7 Å². The number of fused-ring (bicyclic) bond motifs is 5. The van der Waals surface area contributed by atoms with Gasteiger partial charge in [-0.15, -0.1) is 0 Å². The molecule has 34 heavy (non-hydrogen) atoms. The molecule has 2 aromatic rings. The summed E-state index contributed by atoms with van der Waals surface area (Å²) in [4.78, 5) is 13.1. The van der Waals surface area contributed by atoms with Gasteiger partial charge in [-0.3, -0.25) is 4.79 Å². The molecule has 1 heterocycles. The minimum atomic E-state index is -3.29. The van der Waals surface area contributed by atoms with Crippen LogP contribution in [0.3, 0.4) is 0 Å². The van der Waals surface area contributed by atoms with Gasteiger partial charge in [0.05, 0.1) is 22.8 Å². The van der Waals surface area contributed by atoms with Crippen LogP contribution in [0.15, 0.2) is 47.4 Å². The van der Waals surface area contributed by atoms with Crippen molar-refractivity contribution in [3.8, 4) is 17.2 Å². The van der Waals surface area contributed by atoms with Crippen LogP contribution in [0.1, 0.15) is 25.8 Å². The molecule has 7 atom stereocenters. The summed E-state index contributed by atoms with van der Waals surface area (Å²) < 4.78 is 38.9. The standard InChI is InChI=1S/C26H28FN3O3S/c1-3-34(32,33)19-8-6-15(7-9-19)16-4-5-17(21(27)11-16)10-18(13-28)29-26(31)25-20-12-22(30-25)24-14(2)23(20)24/h4-9,11,14,18,20,22-25,30H,3,10,12H2,1-2H3,(H,29,31)/t14-,18-,20+,22-,23-,24+,25-/m0/s1. The second-order valence-corrected chi connectivity index (χ2v) is 12.1. The summed E-state index contributed by atoms with van der Waals surface area (Å²) in [5, 5.41) is 15.8. The number of sulfone groups is 1. The van der Waals surface area contributed by atoms with E-state index >= 15 is 0 Å². The Bertz CT molecular complexity index is 1270. The molecular formula is C26H28FN3O3S. The van der Waals surface area contributed by atoms with E-state index in [1.807, 2.05) is 0 Å². The molecule has 0 spiro atoms. The summed E-state index contributed by atoms with van der Waals surface area (Å²) in [6, 6.07) is 12.5. The lowest BCUT2D eigenvalue weighted by Gasteiger charge is -2.23. The van der Waals surface area contributed by atoms with Crippen molar-refractivity contribution in [3.63, 3.8) is 0 Å². The van der Waals surface area contributed by atoms with Crippen LogP contribution in [0, 0.1) is 40.8 Å². The molecule has 1 saturated heterocycles. The third-order valence-electron chi connectivity index (χ3n) is 7.98. The Kier molecular flexibility index (Phi) is 5.73. The SMILES string of the molecule is CCS(=O)(=O)c1ccc(-c2ccc(C[C@@H](C#N)NC(=O)[C@H]3N[C@H]4C[C@@H]3[C@@H]3[C@H](C)[C@@H]34)c(F)c2)cc1. The highest BCUT2D eigenvalue weighted by atomic mass is 32.2. The van der Waals surface area contributed by atoms with Crippen molar-refractivity contribution in [1.82, 2.24) is 10.6 Å². The van der Waals surface area contributed by atoms with Gasteiger partial charge < -0.3 is 10.6 Å². The summed E-state index contributed by atoms with van der Waals surface area (Å²) in [5.41, 5.74) is 1.65. The zero-order valence-electron chi connectivity index (χ0n) is 19.2. The third kappa shape index (κ3) is 3.91. The zero-order valence-corrected chi connectivity index (χ0v) is 20.0. The highest BCUT2D eigenvalue weighted by Crippen LogP contribution is 2.64. The summed E-state index contributed by atoms with van der Waals surface area (Å²) >= 11 is 0. The molecule has 0 aromatic heterocycles. The predicted molar refractivity (Wildman–Crippen MR) is 126 cm³/mol. The Morgan fingerprint density at radius 3 is 2.53 bits per heavy atom. The Labute approximate surface area is 199 Å². The number of carbonyl (C=O) groups excluding carboxylic acids is 1. The van der Waals surface area contributed by atoms with Crippen molar-refractivity contribution in [2.75, 3.05) is 5.75 Å². The van der Waals surface area contributed by atoms with Gasteiger partial charge in [0.2, 0.25) is 5.91 Å². The fraction of sp³-hybridized carbons (Fsp3) is 0.462. The second kappa shape index (κ2) is 8.47. The molecule has 2 aliphatic carbocycles. The van der Waals surface area contributed by atoms with Crippen molar-refractivity contribution in [3.05, 3.63) is 53.8 Å². The van der Waals surface area contributed by atoms with Crippen molar-refractivity contribution >= 4 is 15.7 Å². The third-order valence-corrected chi connectivity index (χ3v) is 9.73. The van der Waals surface area contributed by atoms with Crippen molar-refractivity contribution < 1.29 is 17.6 Å². The lowest BCUT2D eigenvalue weighted by atomic mass is 9.94. The number of hydrogen-bond donors (Lipinski definition) is 2. The zero-order chi connectivity index (χ0) is 24.2. The number of carbonyl (C=O) groups is 1. The first kappa shape index (κ1) is 23.0. The Morgan fingerprint density at radius 1 is 1.21 bits per heavy atom. The van der Waals surface area contributed by atoms with Crippen LogP contribution in [-0.2, 0) is 21.1 Å². The van der Waals surface area contributed by atoms with E-state index in [0.29, 0.717) is 46.4 Å². The average Bonchev–Trinajstić information content (AvgIpc) is 3.18. The maximum absolute atomic E-state index is 14.9. The van der Waals surface area contributed by atoms with Gasteiger partial charge in [-0.1, -0.05) is 38.1 Å². The molecule has 2 N–H and O–H groups in total. The summed E-state index contributed by atoms with van der Waals surface area (Å²) in [5.74, 6) is 1.69. The van der Waals surface area contributed by atoms with Gasteiger partial charge >= 0.3 is 0 Å². The molecule has 5 rings (SSSR count). The quantitative estimate of drug-likeness (QED) is 0.633. The van der Waals surface area contributed by atoms with Crippen LogP contribution in [0.5, 0.6) is 0 Å². The fourth-order valence-corrected chi connectivity index (χ4v) is 7.01. The minimum absolute atomic E-state index is 0.0184. The molecular weight excluding hydrogens is 453 g/mol. The molecule has 2 bridgehead atoms. The second-order valence-electron chi connectivity index (χ2n) is 9.79. The molecule has 0 radical (unpaired) electrons. The maximum Gasteiger partial charge on any atom is 0.238 e. The number of amides is 1. The van der Waals surface area contributed by atoms with Crippen LogP contribution in [0.4, 0.5) is 4.39 Å². The molecule has 2 aromatic carbocycles. The summed E-state index contributed by atoms with van der Waals surface area (Å²) in [6.07, 6.45) is 1.10. The highest BCUT2D eigenvalue weighted by molar-refractivity contribution is 7.91. The Morgan fingerprint density at radius 2 is 1.91 bits per heavy atom. The number of nitrogens with one attached hydrogen (secondary N) is 2. The van der Waals surface area contributed by atoms with Crippen LogP contribution in [0.25, 0.3) is 11.1 Å². The van der Waals surface area contributed by atoms with E-state index in [1.54, 1.807) is 31.2 Å². The molecule has 3 aliphatic rings. The van der Waals surface area contributed by atoms with Crippen LogP contribution in [-0.4, -0.2) is 38.2 Å². The molecule has 6 nitrogen and oxygen atoms in total. The van der Waals surface area contributed by atoms with Crippen LogP contribution in [0.2, 0.25) is 0 Å². The van der Waals surface area contributed by atoms with Crippen LogP contribution >= 0.6 is 0 Å². The molecule has 0 unspecified atom stereocenters.